The van der Waals surface area contributed by atoms with Crippen molar-refractivity contribution in [1.82, 2.24) is 10.1 Å². The van der Waals surface area contributed by atoms with Crippen molar-refractivity contribution in [2.45, 2.75) is 13.1 Å². The van der Waals surface area contributed by atoms with Crippen molar-refractivity contribution in [1.29, 1.82) is 5.26 Å². The number of para-hydroxylation sites is 1. The van der Waals surface area contributed by atoms with Crippen molar-refractivity contribution in [2.75, 3.05) is 7.05 Å². The van der Waals surface area contributed by atoms with E-state index in [1.807, 2.05) is 55.6 Å². The van der Waals surface area contributed by atoms with Crippen molar-refractivity contribution in [3.63, 3.8) is 0 Å². The molecule has 0 N–H and O–H groups in total. The average Bonchev–Trinajstić information content (AvgIpc) is 2.91. The smallest absolute Gasteiger partial charge is 0.167 e. The number of hydrogen-bond acceptors (Lipinski definition) is 4. The van der Waals surface area contributed by atoms with Gasteiger partial charge in [0.25, 0.3) is 0 Å². The van der Waals surface area contributed by atoms with E-state index in [4.69, 9.17) is 9.78 Å². The molecular weight excluding hydrogens is 262 g/mol. The number of hydrogen-bond donors (Lipinski definition) is 0. The van der Waals surface area contributed by atoms with E-state index in [-0.39, 0.29) is 0 Å². The van der Waals surface area contributed by atoms with Crippen LogP contribution in [0, 0.1) is 11.3 Å². The minimum absolute atomic E-state index is 0.688. The molecule has 0 bridgehead atoms. The van der Waals surface area contributed by atoms with Crippen molar-refractivity contribution in [3.8, 4) is 6.07 Å². The SMILES string of the molecule is CN(Cc1cccc(C#N)c1)Cc1noc2ccccc12. The molecule has 4 nitrogen and oxygen atoms in total. The van der Waals surface area contributed by atoms with E-state index >= 15 is 0 Å². The highest BCUT2D eigenvalue weighted by Crippen LogP contribution is 2.19. The lowest BCUT2D eigenvalue weighted by Gasteiger charge is -2.15. The molecule has 0 saturated heterocycles. The highest BCUT2D eigenvalue weighted by Gasteiger charge is 2.10. The summed E-state index contributed by atoms with van der Waals surface area (Å²) in [6.45, 7) is 1.46. The summed E-state index contributed by atoms with van der Waals surface area (Å²) in [5, 5.41) is 14.1. The topological polar surface area (TPSA) is 53.1 Å². The third-order valence-electron chi connectivity index (χ3n) is 3.38. The molecule has 0 radical (unpaired) electrons. The summed E-state index contributed by atoms with van der Waals surface area (Å²) >= 11 is 0. The van der Waals surface area contributed by atoms with Crippen LogP contribution in [-0.4, -0.2) is 17.1 Å². The fourth-order valence-corrected chi connectivity index (χ4v) is 2.41. The van der Waals surface area contributed by atoms with Gasteiger partial charge >= 0.3 is 0 Å². The lowest BCUT2D eigenvalue weighted by atomic mass is 10.1. The van der Waals surface area contributed by atoms with Crippen molar-refractivity contribution < 1.29 is 4.52 Å². The molecular formula is C17H15N3O. The third-order valence-corrected chi connectivity index (χ3v) is 3.38. The number of benzene rings is 2. The summed E-state index contributed by atoms with van der Waals surface area (Å²) in [6, 6.07) is 17.7. The maximum atomic E-state index is 8.94. The van der Waals surface area contributed by atoms with Gasteiger partial charge in [-0.15, -0.1) is 0 Å². The van der Waals surface area contributed by atoms with Gasteiger partial charge in [0.2, 0.25) is 0 Å². The molecule has 104 valence electrons. The normalized spacial score (nSPS) is 10.9. The molecule has 0 fully saturated rings. The molecule has 3 rings (SSSR count). The number of rotatable bonds is 4. The zero-order chi connectivity index (χ0) is 14.7. The Morgan fingerprint density at radius 3 is 2.86 bits per heavy atom. The third kappa shape index (κ3) is 2.93. The molecule has 0 aliphatic rings. The van der Waals surface area contributed by atoms with Gasteiger partial charge < -0.3 is 4.52 Å². The van der Waals surface area contributed by atoms with E-state index in [0.717, 1.165) is 28.8 Å². The molecule has 1 aromatic heterocycles. The second-order valence-corrected chi connectivity index (χ2v) is 5.11. The Balaban J connectivity index is 1.74. The summed E-state index contributed by atoms with van der Waals surface area (Å²) in [6.07, 6.45) is 0. The van der Waals surface area contributed by atoms with Crippen LogP contribution in [0.15, 0.2) is 53.1 Å². The van der Waals surface area contributed by atoms with E-state index in [1.54, 1.807) is 0 Å². The number of aromatic nitrogens is 1. The van der Waals surface area contributed by atoms with Gasteiger partial charge in [0.15, 0.2) is 5.58 Å². The van der Waals surface area contributed by atoms with Gasteiger partial charge in [0, 0.05) is 18.5 Å². The van der Waals surface area contributed by atoms with Crippen molar-refractivity contribution in [2.24, 2.45) is 0 Å². The lowest BCUT2D eigenvalue weighted by molar-refractivity contribution is 0.306. The Hall–Kier alpha value is -2.64. The Bertz CT molecular complexity index is 801. The molecule has 0 saturated carbocycles. The van der Waals surface area contributed by atoms with Crippen LogP contribution in [-0.2, 0) is 13.1 Å². The first-order valence-electron chi connectivity index (χ1n) is 6.77. The monoisotopic (exact) mass is 277 g/mol. The standard InChI is InChI=1S/C17H15N3O/c1-20(11-14-6-4-5-13(9-14)10-18)12-16-15-7-2-3-8-17(15)21-19-16/h2-9H,11-12H2,1H3. The molecule has 1 heterocycles. The van der Waals surface area contributed by atoms with E-state index in [0.29, 0.717) is 12.1 Å². The molecule has 0 unspecified atom stereocenters. The van der Waals surface area contributed by atoms with Crippen LogP contribution in [0.25, 0.3) is 11.0 Å². The van der Waals surface area contributed by atoms with Crippen LogP contribution in [0.4, 0.5) is 0 Å². The van der Waals surface area contributed by atoms with Gasteiger partial charge in [0.1, 0.15) is 5.69 Å². The van der Waals surface area contributed by atoms with Crippen molar-refractivity contribution >= 4 is 11.0 Å². The van der Waals surface area contributed by atoms with Crippen LogP contribution in [0.3, 0.4) is 0 Å². The van der Waals surface area contributed by atoms with Crippen LogP contribution in [0.2, 0.25) is 0 Å². The van der Waals surface area contributed by atoms with Gasteiger partial charge in [-0.1, -0.05) is 29.4 Å². The van der Waals surface area contributed by atoms with Crippen LogP contribution in [0.5, 0.6) is 0 Å². The molecule has 0 amide bonds. The van der Waals surface area contributed by atoms with Gasteiger partial charge in [0.05, 0.1) is 11.6 Å². The molecule has 0 aliphatic carbocycles. The predicted octanol–water partition coefficient (Wildman–Crippen LogP) is 3.33. The fraction of sp³-hybridized carbons (Fsp3) is 0.176. The summed E-state index contributed by atoms with van der Waals surface area (Å²) < 4.78 is 5.32. The first-order chi connectivity index (χ1) is 10.3. The summed E-state index contributed by atoms with van der Waals surface area (Å²) in [4.78, 5) is 2.15. The lowest BCUT2D eigenvalue weighted by Crippen LogP contribution is -2.17. The van der Waals surface area contributed by atoms with Crippen LogP contribution >= 0.6 is 0 Å². The highest BCUT2D eigenvalue weighted by molar-refractivity contribution is 5.79. The van der Waals surface area contributed by atoms with E-state index in [2.05, 4.69) is 16.1 Å². The van der Waals surface area contributed by atoms with Crippen LogP contribution < -0.4 is 0 Å². The molecule has 3 aromatic rings. The second kappa shape index (κ2) is 5.78. The van der Waals surface area contributed by atoms with Crippen molar-refractivity contribution in [3.05, 3.63) is 65.4 Å². The predicted molar refractivity (Wildman–Crippen MR) is 80.3 cm³/mol. The number of nitriles is 1. The summed E-state index contributed by atoms with van der Waals surface area (Å²) in [5.41, 5.74) is 3.55. The first-order valence-corrected chi connectivity index (χ1v) is 6.77. The maximum absolute atomic E-state index is 8.94. The molecule has 2 aromatic carbocycles. The minimum atomic E-state index is 0.688. The Kier molecular flexibility index (Phi) is 3.67. The minimum Gasteiger partial charge on any atom is -0.356 e. The Morgan fingerprint density at radius 2 is 2.00 bits per heavy atom. The second-order valence-electron chi connectivity index (χ2n) is 5.11. The highest BCUT2D eigenvalue weighted by atomic mass is 16.5. The van der Waals surface area contributed by atoms with E-state index in [1.165, 1.54) is 0 Å². The van der Waals surface area contributed by atoms with Gasteiger partial charge in [-0.3, -0.25) is 4.90 Å². The van der Waals surface area contributed by atoms with Gasteiger partial charge in [-0.05, 0) is 36.9 Å². The molecule has 4 heteroatoms. The Morgan fingerprint density at radius 1 is 1.14 bits per heavy atom. The summed E-state index contributed by atoms with van der Waals surface area (Å²) in [5.74, 6) is 0. The van der Waals surface area contributed by atoms with Crippen LogP contribution in [0.1, 0.15) is 16.8 Å². The average molecular weight is 277 g/mol. The van der Waals surface area contributed by atoms with E-state index in [9.17, 15) is 0 Å². The number of fused-ring (bicyclic) bond motifs is 1. The molecule has 0 aliphatic heterocycles. The zero-order valence-electron chi connectivity index (χ0n) is 11.8. The fourth-order valence-electron chi connectivity index (χ4n) is 2.41. The van der Waals surface area contributed by atoms with Gasteiger partial charge in [-0.25, -0.2) is 0 Å². The molecule has 21 heavy (non-hydrogen) atoms. The van der Waals surface area contributed by atoms with Gasteiger partial charge in [-0.2, -0.15) is 5.26 Å². The Labute approximate surface area is 123 Å². The zero-order valence-corrected chi connectivity index (χ0v) is 11.8. The first kappa shape index (κ1) is 13.3. The maximum Gasteiger partial charge on any atom is 0.167 e. The largest absolute Gasteiger partial charge is 0.356 e. The molecule has 0 atom stereocenters. The summed E-state index contributed by atoms with van der Waals surface area (Å²) in [7, 11) is 2.03. The quantitative estimate of drug-likeness (QED) is 0.734. The molecule has 0 spiro atoms. The van der Waals surface area contributed by atoms with E-state index < -0.39 is 0 Å². The number of nitrogens with zero attached hydrogens (tertiary/aromatic N) is 3.